The number of aliphatic hydroxyl groups is 2. The summed E-state index contributed by atoms with van der Waals surface area (Å²) in [6.07, 6.45) is 1.01. The highest BCUT2D eigenvalue weighted by Gasteiger charge is 2.30. The quantitative estimate of drug-likeness (QED) is 0.759. The first-order chi connectivity index (χ1) is 9.28. The number of nitrogens with zero attached hydrogens (tertiary/aromatic N) is 1. The SMILES string of the molecule is CN(CC(O)C(O)CCC1CCCCC1)CC(F)(F)F. The number of likely N-dealkylation sites (N-methyl/N-ethyl adjacent to an activating group) is 1. The second-order valence-corrected chi connectivity index (χ2v) is 6.03. The fourth-order valence-corrected chi connectivity index (χ4v) is 2.89. The largest absolute Gasteiger partial charge is 0.401 e. The Morgan fingerprint density at radius 3 is 2.25 bits per heavy atom. The number of aliphatic hydroxyl groups excluding tert-OH is 2. The first-order valence-electron chi connectivity index (χ1n) is 7.39. The van der Waals surface area contributed by atoms with Crippen LogP contribution in [0.3, 0.4) is 0 Å². The van der Waals surface area contributed by atoms with Gasteiger partial charge in [0.05, 0.1) is 18.8 Å². The lowest BCUT2D eigenvalue weighted by Gasteiger charge is -2.27. The van der Waals surface area contributed by atoms with Crippen molar-refractivity contribution in [3.8, 4) is 0 Å². The number of hydrogen-bond acceptors (Lipinski definition) is 3. The van der Waals surface area contributed by atoms with E-state index in [2.05, 4.69) is 0 Å². The molecule has 0 aliphatic heterocycles. The van der Waals surface area contributed by atoms with Gasteiger partial charge in [-0.2, -0.15) is 13.2 Å². The number of alkyl halides is 3. The van der Waals surface area contributed by atoms with Gasteiger partial charge in [0.2, 0.25) is 0 Å². The maximum Gasteiger partial charge on any atom is 0.401 e. The van der Waals surface area contributed by atoms with Gasteiger partial charge in [0.1, 0.15) is 0 Å². The Morgan fingerprint density at radius 1 is 1.10 bits per heavy atom. The zero-order valence-corrected chi connectivity index (χ0v) is 12.1. The van der Waals surface area contributed by atoms with E-state index in [9.17, 15) is 23.4 Å². The summed E-state index contributed by atoms with van der Waals surface area (Å²) >= 11 is 0. The molecule has 2 N–H and O–H groups in total. The lowest BCUT2D eigenvalue weighted by Crippen LogP contribution is -2.41. The average molecular weight is 297 g/mol. The Kier molecular flexibility index (Phi) is 7.26. The van der Waals surface area contributed by atoms with E-state index < -0.39 is 24.9 Å². The summed E-state index contributed by atoms with van der Waals surface area (Å²) in [5, 5.41) is 19.6. The van der Waals surface area contributed by atoms with Crippen LogP contribution in [0.4, 0.5) is 13.2 Å². The summed E-state index contributed by atoms with van der Waals surface area (Å²) in [5.74, 6) is 0.596. The van der Waals surface area contributed by atoms with E-state index in [0.717, 1.165) is 24.2 Å². The topological polar surface area (TPSA) is 43.7 Å². The van der Waals surface area contributed by atoms with Crippen LogP contribution >= 0.6 is 0 Å². The zero-order chi connectivity index (χ0) is 15.2. The van der Waals surface area contributed by atoms with Crippen molar-refractivity contribution in [2.24, 2.45) is 5.92 Å². The van der Waals surface area contributed by atoms with Gasteiger partial charge in [-0.05, 0) is 25.8 Å². The Bertz CT molecular complexity index is 268. The van der Waals surface area contributed by atoms with E-state index in [0.29, 0.717) is 12.3 Å². The van der Waals surface area contributed by atoms with Gasteiger partial charge in [-0.25, -0.2) is 0 Å². The zero-order valence-electron chi connectivity index (χ0n) is 12.1. The Balaban J connectivity index is 2.22. The molecule has 0 spiro atoms. The molecule has 1 rings (SSSR count). The van der Waals surface area contributed by atoms with Crippen molar-refractivity contribution >= 4 is 0 Å². The monoisotopic (exact) mass is 297 g/mol. The number of rotatable bonds is 7. The van der Waals surface area contributed by atoms with E-state index in [-0.39, 0.29) is 6.54 Å². The molecule has 1 fully saturated rings. The third-order valence-electron chi connectivity index (χ3n) is 3.99. The van der Waals surface area contributed by atoms with Gasteiger partial charge < -0.3 is 10.2 Å². The summed E-state index contributed by atoms with van der Waals surface area (Å²) in [5.41, 5.74) is 0. The molecule has 1 aliphatic carbocycles. The summed E-state index contributed by atoms with van der Waals surface area (Å²) < 4.78 is 36.5. The number of hydrogen-bond donors (Lipinski definition) is 2. The van der Waals surface area contributed by atoms with Crippen molar-refractivity contribution in [3.63, 3.8) is 0 Å². The first-order valence-corrected chi connectivity index (χ1v) is 7.39. The van der Waals surface area contributed by atoms with Crippen LogP contribution in [0.15, 0.2) is 0 Å². The molecular formula is C14H26F3NO2. The van der Waals surface area contributed by atoms with Gasteiger partial charge in [-0.1, -0.05) is 32.1 Å². The fraction of sp³-hybridized carbons (Fsp3) is 1.00. The van der Waals surface area contributed by atoms with Gasteiger partial charge in [0.25, 0.3) is 0 Å². The van der Waals surface area contributed by atoms with Crippen LogP contribution in [0.2, 0.25) is 0 Å². The van der Waals surface area contributed by atoms with Crippen LogP contribution in [-0.2, 0) is 0 Å². The van der Waals surface area contributed by atoms with Gasteiger partial charge in [-0.3, -0.25) is 4.90 Å². The molecule has 120 valence electrons. The highest BCUT2D eigenvalue weighted by molar-refractivity contribution is 4.74. The molecule has 0 aromatic rings. The molecular weight excluding hydrogens is 271 g/mol. The second kappa shape index (κ2) is 8.20. The molecule has 0 amide bonds. The maximum atomic E-state index is 12.2. The minimum Gasteiger partial charge on any atom is -0.390 e. The van der Waals surface area contributed by atoms with E-state index in [4.69, 9.17) is 0 Å². The molecule has 0 aromatic heterocycles. The predicted molar refractivity (Wildman–Crippen MR) is 71.4 cm³/mol. The van der Waals surface area contributed by atoms with Crippen LogP contribution in [0.1, 0.15) is 44.9 Å². The minimum absolute atomic E-state index is 0.161. The molecule has 20 heavy (non-hydrogen) atoms. The minimum atomic E-state index is -4.28. The summed E-state index contributed by atoms with van der Waals surface area (Å²) in [7, 11) is 1.30. The Labute approximate surface area is 118 Å². The molecule has 1 saturated carbocycles. The van der Waals surface area contributed by atoms with Gasteiger partial charge in [0.15, 0.2) is 0 Å². The van der Waals surface area contributed by atoms with Crippen LogP contribution in [0.5, 0.6) is 0 Å². The smallest absolute Gasteiger partial charge is 0.390 e. The normalized spacial score (nSPS) is 21.1. The van der Waals surface area contributed by atoms with Crippen LogP contribution in [0.25, 0.3) is 0 Å². The lowest BCUT2D eigenvalue weighted by molar-refractivity contribution is -0.147. The molecule has 3 nitrogen and oxygen atoms in total. The molecule has 6 heteroatoms. The summed E-state index contributed by atoms with van der Waals surface area (Å²) in [6, 6.07) is 0. The van der Waals surface area contributed by atoms with Crippen LogP contribution in [-0.4, -0.2) is 53.6 Å². The third-order valence-corrected chi connectivity index (χ3v) is 3.99. The highest BCUT2D eigenvalue weighted by Crippen LogP contribution is 2.28. The Hall–Kier alpha value is -0.330. The molecule has 0 bridgehead atoms. The molecule has 2 unspecified atom stereocenters. The van der Waals surface area contributed by atoms with E-state index in [1.165, 1.54) is 26.3 Å². The van der Waals surface area contributed by atoms with E-state index >= 15 is 0 Å². The maximum absolute atomic E-state index is 12.2. The van der Waals surface area contributed by atoms with E-state index in [1.807, 2.05) is 0 Å². The average Bonchev–Trinajstić information content (AvgIpc) is 2.34. The molecule has 2 atom stereocenters. The van der Waals surface area contributed by atoms with E-state index in [1.54, 1.807) is 0 Å². The molecule has 0 radical (unpaired) electrons. The molecule has 0 heterocycles. The highest BCUT2D eigenvalue weighted by atomic mass is 19.4. The standard InChI is InChI=1S/C14H26F3NO2/c1-18(10-14(15,16)17)9-13(20)12(19)8-7-11-5-3-2-4-6-11/h11-13,19-20H,2-10H2,1H3. The van der Waals surface area contributed by atoms with Gasteiger partial charge in [0, 0.05) is 6.54 Å². The molecule has 1 aliphatic rings. The third kappa shape index (κ3) is 7.45. The van der Waals surface area contributed by atoms with Gasteiger partial charge in [-0.15, -0.1) is 0 Å². The molecule has 0 saturated heterocycles. The van der Waals surface area contributed by atoms with Gasteiger partial charge >= 0.3 is 6.18 Å². The second-order valence-electron chi connectivity index (χ2n) is 6.03. The van der Waals surface area contributed by atoms with Crippen molar-refractivity contribution in [2.45, 2.75) is 63.3 Å². The molecule has 0 aromatic carbocycles. The number of halogens is 3. The van der Waals surface area contributed by atoms with Crippen molar-refractivity contribution in [3.05, 3.63) is 0 Å². The lowest BCUT2D eigenvalue weighted by atomic mass is 9.85. The van der Waals surface area contributed by atoms with Crippen molar-refractivity contribution < 1.29 is 23.4 Å². The summed E-state index contributed by atoms with van der Waals surface area (Å²) in [6.45, 7) is -1.23. The van der Waals surface area contributed by atoms with Crippen molar-refractivity contribution in [2.75, 3.05) is 20.1 Å². The summed E-state index contributed by atoms with van der Waals surface area (Å²) in [4.78, 5) is 0.995. The van der Waals surface area contributed by atoms with Crippen LogP contribution in [0, 0.1) is 5.92 Å². The van der Waals surface area contributed by atoms with Crippen molar-refractivity contribution in [1.82, 2.24) is 4.90 Å². The van der Waals surface area contributed by atoms with Crippen molar-refractivity contribution in [1.29, 1.82) is 0 Å². The first kappa shape index (κ1) is 17.7. The predicted octanol–water partition coefficient (Wildman–Crippen LogP) is 2.56. The van der Waals surface area contributed by atoms with Crippen LogP contribution < -0.4 is 0 Å². The Morgan fingerprint density at radius 2 is 1.70 bits per heavy atom. The fourth-order valence-electron chi connectivity index (χ4n) is 2.89.